The standard InChI is InChI=1S/C8H11ClO/c1-2-3-5-8(10)6-4-7-9/h4-7H2,1H3. The van der Waals surface area contributed by atoms with Crippen LogP contribution in [0, 0.1) is 11.8 Å². The van der Waals surface area contributed by atoms with Crippen molar-refractivity contribution in [3.05, 3.63) is 0 Å². The largest absolute Gasteiger partial charge is 0.299 e. The van der Waals surface area contributed by atoms with E-state index in [1.807, 2.05) is 0 Å². The van der Waals surface area contributed by atoms with Crippen molar-refractivity contribution in [1.82, 2.24) is 0 Å². The second-order valence-electron chi connectivity index (χ2n) is 1.93. The van der Waals surface area contributed by atoms with E-state index in [9.17, 15) is 4.79 Å². The first-order valence-corrected chi connectivity index (χ1v) is 3.82. The summed E-state index contributed by atoms with van der Waals surface area (Å²) in [6.45, 7) is 1.73. The van der Waals surface area contributed by atoms with Gasteiger partial charge < -0.3 is 0 Å². The molecule has 0 spiro atoms. The molecule has 0 aromatic rings. The fourth-order valence-corrected chi connectivity index (χ4v) is 0.673. The summed E-state index contributed by atoms with van der Waals surface area (Å²) in [4.78, 5) is 10.8. The molecule has 0 aliphatic carbocycles. The molecule has 0 unspecified atom stereocenters. The summed E-state index contributed by atoms with van der Waals surface area (Å²) < 4.78 is 0. The maximum Gasteiger partial charge on any atom is 0.144 e. The van der Waals surface area contributed by atoms with Gasteiger partial charge in [0.15, 0.2) is 0 Å². The molecule has 0 rings (SSSR count). The van der Waals surface area contributed by atoms with Gasteiger partial charge >= 0.3 is 0 Å². The molecule has 0 aliphatic heterocycles. The van der Waals surface area contributed by atoms with Crippen LogP contribution in [0.2, 0.25) is 0 Å². The van der Waals surface area contributed by atoms with Gasteiger partial charge in [-0.25, -0.2) is 0 Å². The van der Waals surface area contributed by atoms with Crippen LogP contribution >= 0.6 is 11.6 Å². The van der Waals surface area contributed by atoms with Crippen LogP contribution in [0.5, 0.6) is 0 Å². The fourth-order valence-electron chi connectivity index (χ4n) is 0.539. The second kappa shape index (κ2) is 6.64. The van der Waals surface area contributed by atoms with E-state index in [1.54, 1.807) is 6.92 Å². The average molecular weight is 159 g/mol. The Bertz CT molecular complexity index is 152. The zero-order valence-corrected chi connectivity index (χ0v) is 6.87. The van der Waals surface area contributed by atoms with Crippen LogP contribution in [0.3, 0.4) is 0 Å². The molecule has 56 valence electrons. The third-order valence-electron chi connectivity index (χ3n) is 1.05. The van der Waals surface area contributed by atoms with Gasteiger partial charge in [0.05, 0.1) is 6.42 Å². The highest BCUT2D eigenvalue weighted by Gasteiger charge is 1.96. The zero-order valence-electron chi connectivity index (χ0n) is 6.11. The molecule has 10 heavy (non-hydrogen) atoms. The number of alkyl halides is 1. The second-order valence-corrected chi connectivity index (χ2v) is 2.31. The van der Waals surface area contributed by atoms with Crippen LogP contribution < -0.4 is 0 Å². The smallest absolute Gasteiger partial charge is 0.144 e. The molecule has 0 aromatic heterocycles. The highest BCUT2D eigenvalue weighted by Crippen LogP contribution is 1.95. The van der Waals surface area contributed by atoms with Gasteiger partial charge in [-0.3, -0.25) is 4.79 Å². The molecular formula is C8H11ClO. The Morgan fingerprint density at radius 3 is 2.80 bits per heavy atom. The Kier molecular flexibility index (Phi) is 6.32. The van der Waals surface area contributed by atoms with Crippen LogP contribution in [0.4, 0.5) is 0 Å². The van der Waals surface area contributed by atoms with Crippen LogP contribution in [0.1, 0.15) is 26.2 Å². The van der Waals surface area contributed by atoms with Gasteiger partial charge in [-0.05, 0) is 13.3 Å². The molecule has 0 N–H and O–H groups in total. The average Bonchev–Trinajstić information content (AvgIpc) is 1.97. The number of halogens is 1. The number of Topliss-reactive ketones (excluding diaryl/α,β-unsaturated/α-hetero) is 1. The molecule has 2 heteroatoms. The molecule has 0 heterocycles. The lowest BCUT2D eigenvalue weighted by Gasteiger charge is -1.90. The topological polar surface area (TPSA) is 17.1 Å². The number of rotatable bonds is 4. The molecule has 0 atom stereocenters. The quantitative estimate of drug-likeness (QED) is 0.452. The van der Waals surface area contributed by atoms with Gasteiger partial charge in [0.2, 0.25) is 0 Å². The lowest BCUT2D eigenvalue weighted by atomic mass is 10.2. The van der Waals surface area contributed by atoms with Crippen molar-refractivity contribution in [1.29, 1.82) is 0 Å². The molecule has 0 saturated heterocycles. The molecule has 0 amide bonds. The van der Waals surface area contributed by atoms with E-state index in [0.717, 1.165) is 6.42 Å². The van der Waals surface area contributed by atoms with Crippen molar-refractivity contribution in [2.24, 2.45) is 0 Å². The Morgan fingerprint density at radius 2 is 2.30 bits per heavy atom. The predicted molar refractivity (Wildman–Crippen MR) is 43.0 cm³/mol. The van der Waals surface area contributed by atoms with Crippen molar-refractivity contribution < 1.29 is 4.79 Å². The zero-order chi connectivity index (χ0) is 7.82. The SMILES string of the molecule is CC#CCC(=O)CCCCl. The summed E-state index contributed by atoms with van der Waals surface area (Å²) in [6, 6.07) is 0. The van der Waals surface area contributed by atoms with Crippen molar-refractivity contribution in [2.75, 3.05) is 5.88 Å². The molecule has 0 bridgehead atoms. The Balaban J connectivity index is 3.31. The summed E-state index contributed by atoms with van der Waals surface area (Å²) >= 11 is 5.39. The van der Waals surface area contributed by atoms with E-state index in [2.05, 4.69) is 11.8 Å². The Labute approximate surface area is 66.8 Å². The molecule has 0 fully saturated rings. The fraction of sp³-hybridized carbons (Fsp3) is 0.625. The van der Waals surface area contributed by atoms with Gasteiger partial charge in [-0.1, -0.05) is 5.92 Å². The van der Waals surface area contributed by atoms with E-state index in [-0.39, 0.29) is 5.78 Å². The van der Waals surface area contributed by atoms with Gasteiger partial charge in [0, 0.05) is 12.3 Å². The van der Waals surface area contributed by atoms with Gasteiger partial charge in [-0.2, -0.15) is 0 Å². The highest BCUT2D eigenvalue weighted by molar-refractivity contribution is 6.17. The van der Waals surface area contributed by atoms with Crippen molar-refractivity contribution in [2.45, 2.75) is 26.2 Å². The normalized spacial score (nSPS) is 8.20. The first-order chi connectivity index (χ1) is 4.81. The third-order valence-corrected chi connectivity index (χ3v) is 1.32. The number of hydrogen-bond acceptors (Lipinski definition) is 1. The number of carbonyl (C=O) groups is 1. The Hall–Kier alpha value is -0.480. The van der Waals surface area contributed by atoms with E-state index in [0.29, 0.717) is 18.7 Å². The minimum atomic E-state index is 0.190. The van der Waals surface area contributed by atoms with E-state index in [4.69, 9.17) is 11.6 Å². The minimum Gasteiger partial charge on any atom is -0.299 e. The molecule has 0 aromatic carbocycles. The lowest BCUT2D eigenvalue weighted by Crippen LogP contribution is -1.95. The summed E-state index contributed by atoms with van der Waals surface area (Å²) in [5, 5.41) is 0. The summed E-state index contributed by atoms with van der Waals surface area (Å²) in [6.07, 6.45) is 1.72. The first kappa shape index (κ1) is 9.52. The molecule has 0 saturated carbocycles. The number of carbonyl (C=O) groups excluding carboxylic acids is 1. The van der Waals surface area contributed by atoms with Crippen LogP contribution in [-0.2, 0) is 4.79 Å². The summed E-state index contributed by atoms with van der Waals surface area (Å²) in [7, 11) is 0. The van der Waals surface area contributed by atoms with Crippen LogP contribution in [0.15, 0.2) is 0 Å². The molecule has 0 aliphatic rings. The van der Waals surface area contributed by atoms with E-state index >= 15 is 0 Å². The van der Waals surface area contributed by atoms with Crippen molar-refractivity contribution in [3.63, 3.8) is 0 Å². The summed E-state index contributed by atoms with van der Waals surface area (Å²) in [5.41, 5.74) is 0. The highest BCUT2D eigenvalue weighted by atomic mass is 35.5. The number of hydrogen-bond donors (Lipinski definition) is 0. The minimum absolute atomic E-state index is 0.190. The lowest BCUT2D eigenvalue weighted by molar-refractivity contribution is -0.118. The van der Waals surface area contributed by atoms with Crippen LogP contribution in [0.25, 0.3) is 0 Å². The maximum atomic E-state index is 10.8. The third kappa shape index (κ3) is 5.65. The monoisotopic (exact) mass is 158 g/mol. The molecule has 1 nitrogen and oxygen atoms in total. The van der Waals surface area contributed by atoms with E-state index in [1.165, 1.54) is 0 Å². The molecular weight excluding hydrogens is 148 g/mol. The first-order valence-electron chi connectivity index (χ1n) is 3.28. The summed E-state index contributed by atoms with van der Waals surface area (Å²) in [5.74, 6) is 6.14. The van der Waals surface area contributed by atoms with E-state index < -0.39 is 0 Å². The van der Waals surface area contributed by atoms with Crippen molar-refractivity contribution >= 4 is 17.4 Å². The van der Waals surface area contributed by atoms with Crippen LogP contribution in [-0.4, -0.2) is 11.7 Å². The van der Waals surface area contributed by atoms with Gasteiger partial charge in [0.25, 0.3) is 0 Å². The molecule has 0 radical (unpaired) electrons. The Morgan fingerprint density at radius 1 is 1.60 bits per heavy atom. The predicted octanol–water partition coefficient (Wildman–Crippen LogP) is 1.99. The number of ketones is 1. The maximum absolute atomic E-state index is 10.8. The van der Waals surface area contributed by atoms with Gasteiger partial charge in [0.1, 0.15) is 5.78 Å². The van der Waals surface area contributed by atoms with Gasteiger partial charge in [-0.15, -0.1) is 17.5 Å². The van der Waals surface area contributed by atoms with Crippen molar-refractivity contribution in [3.8, 4) is 11.8 Å².